The van der Waals surface area contributed by atoms with Gasteiger partial charge in [0, 0.05) is 95.7 Å². The number of nitrogens with zero attached hydrogens (tertiary/aromatic N) is 4. The van der Waals surface area contributed by atoms with Crippen LogP contribution in [0.1, 0.15) is 136 Å². The first-order valence-electron chi connectivity index (χ1n) is 25.7. The molecule has 2 fully saturated rings. The van der Waals surface area contributed by atoms with Crippen LogP contribution in [0.25, 0.3) is 11.1 Å². The van der Waals surface area contributed by atoms with Crippen LogP contribution in [0.3, 0.4) is 0 Å². The second-order valence-corrected chi connectivity index (χ2v) is 22.8. The van der Waals surface area contributed by atoms with Crippen molar-refractivity contribution in [1.82, 2.24) is 19.6 Å². The van der Waals surface area contributed by atoms with E-state index in [1.165, 1.54) is 23.0 Å². The minimum absolute atomic E-state index is 0. The SMILES string of the molecule is C.COCCCOc1cc(C(=O)N(C(C)C)[C@@H]2CCCN(C(=O)OC(C)(C)C)C2)cc(-c2ccccc2)c1.COCCCOc1cc(OS(=O)(=O)C(F)(F)F)cc(C(=O)N(C(C)C)[C@@H]2CCCN(C(=O)OC(C)(C)C)C2)c1. The quantitative estimate of drug-likeness (QED) is 0.0629. The third-order valence-corrected chi connectivity index (χ3v) is 12.8. The van der Waals surface area contributed by atoms with E-state index >= 15 is 0 Å². The van der Waals surface area contributed by atoms with Gasteiger partial charge in [0.2, 0.25) is 0 Å². The number of piperidine rings is 2. The molecule has 0 unspecified atom stereocenters. The zero-order valence-corrected chi connectivity index (χ0v) is 47.0. The molecule has 3 aromatic rings. The Morgan fingerprint density at radius 1 is 0.610 bits per heavy atom. The molecule has 0 N–H and O–H groups in total. The Morgan fingerprint density at radius 2 is 1.03 bits per heavy atom. The van der Waals surface area contributed by atoms with Gasteiger partial charge < -0.3 is 52.2 Å². The Labute approximate surface area is 454 Å². The van der Waals surface area contributed by atoms with E-state index in [4.69, 9.17) is 28.4 Å². The van der Waals surface area contributed by atoms with E-state index in [2.05, 4.69) is 4.18 Å². The Balaban J connectivity index is 0.000000400. The number of likely N-dealkylation sites (tertiary alicyclic amines) is 2. The number of halogens is 3. The van der Waals surface area contributed by atoms with Gasteiger partial charge in [0.25, 0.3) is 11.8 Å². The second-order valence-electron chi connectivity index (χ2n) is 21.2. The number of carbonyl (C=O) groups is 4. The van der Waals surface area contributed by atoms with Gasteiger partial charge in [-0.1, -0.05) is 37.8 Å². The molecule has 2 aliphatic heterocycles. The smallest absolute Gasteiger partial charge is 0.493 e. The highest BCUT2D eigenvalue weighted by molar-refractivity contribution is 7.88. The summed E-state index contributed by atoms with van der Waals surface area (Å²) in [5.74, 6) is -0.763. The van der Waals surface area contributed by atoms with Gasteiger partial charge in [-0.05, 0) is 136 Å². The fourth-order valence-corrected chi connectivity index (χ4v) is 9.12. The molecule has 2 aliphatic rings. The highest BCUT2D eigenvalue weighted by atomic mass is 32.2. The maximum atomic E-state index is 14.0. The summed E-state index contributed by atoms with van der Waals surface area (Å²) in [6.07, 6.45) is 3.18. The molecule has 4 amide bonds. The summed E-state index contributed by atoms with van der Waals surface area (Å²) >= 11 is 0. The second kappa shape index (κ2) is 29.3. The number of amides is 4. The largest absolute Gasteiger partial charge is 0.534 e. The molecule has 0 aliphatic carbocycles. The van der Waals surface area contributed by atoms with E-state index in [-0.39, 0.29) is 62.0 Å². The summed E-state index contributed by atoms with van der Waals surface area (Å²) in [7, 11) is -2.83. The fraction of sp³-hybridized carbons (Fsp3) is 0.607. The summed E-state index contributed by atoms with van der Waals surface area (Å²) in [4.78, 5) is 59.8. The molecule has 0 radical (unpaired) electrons. The van der Waals surface area contributed by atoms with Crippen molar-refractivity contribution in [3.63, 3.8) is 0 Å². The summed E-state index contributed by atoms with van der Waals surface area (Å²) in [5, 5.41) is 0. The summed E-state index contributed by atoms with van der Waals surface area (Å²) < 4.78 is 99.2. The van der Waals surface area contributed by atoms with Gasteiger partial charge >= 0.3 is 27.8 Å². The Kier molecular flexibility index (Phi) is 24.9. The van der Waals surface area contributed by atoms with Gasteiger partial charge in [-0.25, -0.2) is 9.59 Å². The number of methoxy groups -OCH3 is 2. The van der Waals surface area contributed by atoms with E-state index in [9.17, 15) is 40.8 Å². The highest BCUT2D eigenvalue weighted by Crippen LogP contribution is 2.33. The molecular weight excluding hydrogens is 1030 g/mol. The van der Waals surface area contributed by atoms with Crippen molar-refractivity contribution < 1.29 is 73.4 Å². The van der Waals surface area contributed by atoms with Crippen LogP contribution in [0.2, 0.25) is 0 Å². The van der Waals surface area contributed by atoms with E-state index in [1.54, 1.807) is 46.6 Å². The standard InChI is InChI=1S/C30H42N2O5.C25H37F3N2O8S.CH4/c1-22(2)32(26-14-10-15-31(21-26)29(34)37-30(3,4)5)28(33)25-18-24(23-12-8-7-9-13-23)19-27(20-25)36-17-11-16-35-6;1-17(2)30(19-9-7-10-29(16-19)23(32)37-24(3,4)5)22(31)18-13-20(36-12-8-11-35-6)15-21(14-18)38-39(33,34)25(26,27)28;/h7-9,12-13,18-20,22,26H,10-11,14-17,21H2,1-6H3;13-15,17,19H,7-12,16H2,1-6H3;1H4/t26-;19-;/m11./s1. The van der Waals surface area contributed by atoms with Crippen LogP contribution in [0.5, 0.6) is 17.2 Å². The highest BCUT2D eigenvalue weighted by Gasteiger charge is 2.49. The maximum Gasteiger partial charge on any atom is 0.534 e. The van der Waals surface area contributed by atoms with E-state index in [0.29, 0.717) is 70.0 Å². The normalized spacial score (nSPS) is 16.1. The topological polar surface area (TPSA) is 180 Å². The van der Waals surface area contributed by atoms with Gasteiger partial charge in [0.15, 0.2) is 0 Å². The van der Waals surface area contributed by atoms with Crippen LogP contribution in [0.15, 0.2) is 66.7 Å². The molecule has 77 heavy (non-hydrogen) atoms. The first-order valence-corrected chi connectivity index (χ1v) is 27.2. The van der Waals surface area contributed by atoms with E-state index in [0.717, 1.165) is 42.5 Å². The van der Waals surface area contributed by atoms with Crippen LogP contribution in [0.4, 0.5) is 22.8 Å². The number of hydrogen-bond donors (Lipinski definition) is 0. The van der Waals surface area contributed by atoms with Crippen molar-refractivity contribution in [2.24, 2.45) is 0 Å². The summed E-state index contributed by atoms with van der Waals surface area (Å²) in [5.41, 5.74) is -4.53. The van der Waals surface area contributed by atoms with Crippen molar-refractivity contribution in [3.05, 3.63) is 77.9 Å². The van der Waals surface area contributed by atoms with Gasteiger partial charge in [0.05, 0.1) is 25.3 Å². The van der Waals surface area contributed by atoms with Crippen molar-refractivity contribution >= 4 is 34.1 Å². The monoisotopic (exact) mass is 1110 g/mol. The zero-order chi connectivity index (χ0) is 56.6. The minimum Gasteiger partial charge on any atom is -0.493 e. The number of hydrogen-bond acceptors (Lipinski definition) is 13. The van der Waals surface area contributed by atoms with Crippen LogP contribution < -0.4 is 13.7 Å². The number of rotatable bonds is 19. The summed E-state index contributed by atoms with van der Waals surface area (Å²) in [6, 6.07) is 18.0. The summed E-state index contributed by atoms with van der Waals surface area (Å²) in [6.45, 7) is 21.7. The molecule has 0 spiro atoms. The van der Waals surface area contributed by atoms with Gasteiger partial charge in [-0.2, -0.15) is 21.6 Å². The Morgan fingerprint density at radius 3 is 1.43 bits per heavy atom. The molecule has 21 heteroatoms. The van der Waals surface area contributed by atoms with Crippen LogP contribution in [-0.2, 0) is 29.1 Å². The van der Waals surface area contributed by atoms with Gasteiger partial charge in [-0.15, -0.1) is 0 Å². The lowest BCUT2D eigenvalue weighted by molar-refractivity contribution is -0.0500. The van der Waals surface area contributed by atoms with E-state index in [1.807, 2.05) is 88.0 Å². The maximum absolute atomic E-state index is 14.0. The fourth-order valence-electron chi connectivity index (χ4n) is 8.68. The Bertz CT molecular complexity index is 2480. The molecule has 0 aromatic heterocycles. The van der Waals surface area contributed by atoms with E-state index < -0.39 is 50.6 Å². The third kappa shape index (κ3) is 20.5. The number of ether oxygens (including phenoxy) is 6. The van der Waals surface area contributed by atoms with Crippen LogP contribution in [-0.4, -0.2) is 160 Å². The molecule has 2 heterocycles. The first-order chi connectivity index (χ1) is 35.5. The zero-order valence-electron chi connectivity index (χ0n) is 46.2. The lowest BCUT2D eigenvalue weighted by atomic mass is 9.99. The van der Waals surface area contributed by atoms with Gasteiger partial charge in [0.1, 0.15) is 28.5 Å². The van der Waals surface area contributed by atoms with Crippen molar-refractivity contribution in [2.75, 3.05) is 66.8 Å². The predicted molar refractivity (Wildman–Crippen MR) is 289 cm³/mol. The lowest BCUT2D eigenvalue weighted by Gasteiger charge is -2.41. The molecule has 17 nitrogen and oxygen atoms in total. The van der Waals surface area contributed by atoms with Gasteiger partial charge in [-0.3, -0.25) is 9.59 Å². The molecule has 2 saturated heterocycles. The average Bonchev–Trinajstić information content (AvgIpc) is 3.33. The first kappa shape index (κ1) is 65.5. The van der Waals surface area contributed by atoms with Crippen molar-refractivity contribution in [3.8, 4) is 28.4 Å². The van der Waals surface area contributed by atoms with Crippen LogP contribution >= 0.6 is 0 Å². The minimum atomic E-state index is -5.99. The number of carbonyl (C=O) groups excluding carboxylic acids is 4. The molecule has 2 atom stereocenters. The van der Waals surface area contributed by atoms with Crippen molar-refractivity contribution in [2.45, 2.75) is 156 Å². The molecule has 5 rings (SSSR count). The predicted octanol–water partition coefficient (Wildman–Crippen LogP) is 11.2. The Hall–Kier alpha value is -5.80. The third-order valence-electron chi connectivity index (χ3n) is 11.9. The molecular formula is C56H83F3N4O13S. The molecule has 432 valence electrons. The van der Waals surface area contributed by atoms with Crippen LogP contribution in [0, 0.1) is 0 Å². The molecule has 0 saturated carbocycles. The number of alkyl halides is 3. The molecule has 3 aromatic carbocycles. The number of benzene rings is 3. The van der Waals surface area contributed by atoms with Crippen molar-refractivity contribution in [1.29, 1.82) is 0 Å². The molecule has 0 bridgehead atoms. The lowest BCUT2D eigenvalue weighted by Crippen LogP contribution is -2.54. The average molecular weight is 1110 g/mol.